The smallest absolute Gasteiger partial charge is 0.396 e. The number of rotatable bonds is 7. The lowest BCUT2D eigenvalue weighted by molar-refractivity contribution is -0.145. The van der Waals surface area contributed by atoms with E-state index in [2.05, 4.69) is 16.0 Å². The fourth-order valence-electron chi connectivity index (χ4n) is 4.22. The number of aromatic nitrogens is 1. The number of pyridine rings is 1. The van der Waals surface area contributed by atoms with Crippen LogP contribution >= 0.6 is 0 Å². The largest absolute Gasteiger partial charge is 0.481 e. The molecule has 2 aromatic rings. The van der Waals surface area contributed by atoms with Crippen molar-refractivity contribution < 1.29 is 26.3 Å². The molecule has 1 fully saturated rings. The zero-order valence-electron chi connectivity index (χ0n) is 18.5. The lowest BCUT2D eigenvalue weighted by atomic mass is 9.89. The third-order valence-electron chi connectivity index (χ3n) is 5.90. The highest BCUT2D eigenvalue weighted by molar-refractivity contribution is 7.90. The average Bonchev–Trinajstić information content (AvgIpc) is 2.72. The maximum atomic E-state index is 13.4. The summed E-state index contributed by atoms with van der Waals surface area (Å²) in [5.41, 5.74) is 2.91. The van der Waals surface area contributed by atoms with Gasteiger partial charge < -0.3 is 4.74 Å². The van der Waals surface area contributed by atoms with Crippen molar-refractivity contribution in [3.05, 3.63) is 58.8 Å². The summed E-state index contributed by atoms with van der Waals surface area (Å²) >= 11 is 0. The number of halogens is 3. The van der Waals surface area contributed by atoms with Crippen LogP contribution in [0.1, 0.15) is 47.1 Å². The number of hydrogen-bond acceptors (Lipinski definition) is 5. The Morgan fingerprint density at radius 2 is 1.75 bits per heavy atom. The van der Waals surface area contributed by atoms with Crippen LogP contribution in [0.4, 0.5) is 13.2 Å². The first-order valence-corrected chi connectivity index (χ1v) is 12.6. The van der Waals surface area contributed by atoms with Crippen molar-refractivity contribution >= 4 is 9.84 Å². The van der Waals surface area contributed by atoms with Crippen LogP contribution in [-0.2, 0) is 16.4 Å². The van der Waals surface area contributed by atoms with Crippen molar-refractivity contribution in [3.63, 3.8) is 0 Å². The van der Waals surface area contributed by atoms with Crippen LogP contribution in [-0.4, -0.2) is 56.7 Å². The molecular weight excluding hydrogens is 441 g/mol. The second-order valence-corrected chi connectivity index (χ2v) is 10.7. The summed E-state index contributed by atoms with van der Waals surface area (Å²) in [5, 5.41) is 0. The summed E-state index contributed by atoms with van der Waals surface area (Å²) in [5.74, 6) is -1.92. The van der Waals surface area contributed by atoms with Crippen molar-refractivity contribution in [2.24, 2.45) is 0 Å². The van der Waals surface area contributed by atoms with Crippen molar-refractivity contribution in [2.45, 2.75) is 44.3 Å². The predicted molar refractivity (Wildman–Crippen MR) is 118 cm³/mol. The van der Waals surface area contributed by atoms with Gasteiger partial charge in [-0.25, -0.2) is 13.4 Å². The number of nitrogens with zero attached hydrogens (tertiary/aromatic N) is 2. The molecule has 32 heavy (non-hydrogen) atoms. The number of likely N-dealkylation sites (tertiary alicyclic amines) is 1. The predicted octanol–water partition coefficient (Wildman–Crippen LogP) is 4.47. The molecule has 1 saturated heterocycles. The summed E-state index contributed by atoms with van der Waals surface area (Å²) < 4.78 is 68.5. The number of hydrogen-bond donors (Lipinski definition) is 0. The van der Waals surface area contributed by atoms with Gasteiger partial charge in [0.2, 0.25) is 5.88 Å². The molecule has 0 bridgehead atoms. The molecule has 1 aliphatic rings. The lowest BCUT2D eigenvalue weighted by Crippen LogP contribution is -2.32. The quantitative estimate of drug-likeness (QED) is 0.598. The molecule has 1 aromatic heterocycles. The van der Waals surface area contributed by atoms with E-state index >= 15 is 0 Å². The van der Waals surface area contributed by atoms with E-state index < -0.39 is 27.7 Å². The zero-order valence-corrected chi connectivity index (χ0v) is 19.3. The van der Waals surface area contributed by atoms with Crippen LogP contribution in [0, 0.1) is 6.92 Å². The van der Waals surface area contributed by atoms with Gasteiger partial charge in [0.25, 0.3) is 0 Å². The highest BCUT2D eigenvalue weighted by Gasteiger charge is 2.42. The molecule has 0 unspecified atom stereocenters. The van der Waals surface area contributed by atoms with Gasteiger partial charge in [0.05, 0.1) is 18.8 Å². The molecule has 0 spiro atoms. The maximum Gasteiger partial charge on any atom is 0.396 e. The summed E-state index contributed by atoms with van der Waals surface area (Å²) in [6.07, 6.45) is -1.89. The van der Waals surface area contributed by atoms with E-state index in [1.54, 1.807) is 19.2 Å². The van der Waals surface area contributed by atoms with Gasteiger partial charge in [-0.2, -0.15) is 13.2 Å². The summed E-state index contributed by atoms with van der Waals surface area (Å²) in [6, 6.07) is 10.2. The van der Waals surface area contributed by atoms with Gasteiger partial charge in [0, 0.05) is 24.1 Å². The third-order valence-corrected chi connectivity index (χ3v) is 6.84. The van der Waals surface area contributed by atoms with Crippen LogP contribution in [0.3, 0.4) is 0 Å². The van der Waals surface area contributed by atoms with Crippen molar-refractivity contribution in [2.75, 3.05) is 32.2 Å². The molecule has 176 valence electrons. The fraction of sp³-hybridized carbons (Fsp3) is 0.522. The second-order valence-electron chi connectivity index (χ2n) is 8.53. The SMILES string of the molecule is COc1nc(C)ccc1C1CCN(Cc2ccc([C@H](CS(C)(=O)=O)C(F)(F)F)cc2)CC1. The normalized spacial score (nSPS) is 17.3. The number of methoxy groups -OCH3 is 1. The number of piperidine rings is 1. The van der Waals surface area contributed by atoms with Crippen LogP contribution in [0.5, 0.6) is 5.88 Å². The van der Waals surface area contributed by atoms with E-state index in [-0.39, 0.29) is 5.56 Å². The molecule has 2 heterocycles. The minimum atomic E-state index is -4.61. The molecule has 1 aliphatic heterocycles. The van der Waals surface area contributed by atoms with Gasteiger partial charge >= 0.3 is 6.18 Å². The van der Waals surface area contributed by atoms with Crippen LogP contribution < -0.4 is 4.74 Å². The zero-order chi connectivity index (χ0) is 23.5. The first kappa shape index (κ1) is 24.5. The number of alkyl halides is 3. The molecule has 0 saturated carbocycles. The van der Waals surface area contributed by atoms with E-state index in [0.29, 0.717) is 18.3 Å². The van der Waals surface area contributed by atoms with Gasteiger partial charge in [-0.05, 0) is 56.0 Å². The van der Waals surface area contributed by atoms with Crippen molar-refractivity contribution in [3.8, 4) is 5.88 Å². The second kappa shape index (κ2) is 9.79. The molecule has 9 heteroatoms. The van der Waals surface area contributed by atoms with E-state index in [1.165, 1.54) is 12.1 Å². The first-order chi connectivity index (χ1) is 15.0. The number of aryl methyl sites for hydroxylation is 1. The van der Waals surface area contributed by atoms with E-state index in [9.17, 15) is 21.6 Å². The Balaban J connectivity index is 1.62. The van der Waals surface area contributed by atoms with E-state index in [0.717, 1.165) is 49.0 Å². The molecule has 0 aliphatic carbocycles. The van der Waals surface area contributed by atoms with Crippen LogP contribution in [0.25, 0.3) is 0 Å². The molecule has 1 atom stereocenters. The van der Waals surface area contributed by atoms with Gasteiger partial charge in [0.15, 0.2) is 0 Å². The Morgan fingerprint density at radius 1 is 1.12 bits per heavy atom. The lowest BCUT2D eigenvalue weighted by Gasteiger charge is -2.32. The van der Waals surface area contributed by atoms with Crippen molar-refractivity contribution in [1.29, 1.82) is 0 Å². The van der Waals surface area contributed by atoms with Crippen molar-refractivity contribution in [1.82, 2.24) is 9.88 Å². The van der Waals surface area contributed by atoms with Gasteiger partial charge in [-0.3, -0.25) is 4.90 Å². The summed E-state index contributed by atoms with van der Waals surface area (Å²) in [4.78, 5) is 6.74. The number of ether oxygens (including phenoxy) is 1. The standard InChI is InChI=1S/C23H29F3N2O3S/c1-16-4-9-20(22(27-16)31-2)18-10-12-28(13-11-18)14-17-5-7-19(8-6-17)21(23(24,25)26)15-32(3,29)30/h4-9,18,21H,10-15H2,1-3H3/t21-/m0/s1. The molecule has 5 nitrogen and oxygen atoms in total. The Morgan fingerprint density at radius 3 is 2.28 bits per heavy atom. The van der Waals surface area contributed by atoms with Gasteiger partial charge in [-0.1, -0.05) is 30.3 Å². The molecule has 0 radical (unpaired) electrons. The Hall–Kier alpha value is -2.13. The Bertz CT molecular complexity index is 1020. The third kappa shape index (κ3) is 6.45. The van der Waals surface area contributed by atoms with Crippen LogP contribution in [0.2, 0.25) is 0 Å². The molecule has 1 aromatic carbocycles. The fourth-order valence-corrected chi connectivity index (χ4v) is 5.20. The summed E-state index contributed by atoms with van der Waals surface area (Å²) in [6.45, 7) is 4.29. The van der Waals surface area contributed by atoms with Gasteiger partial charge in [0.1, 0.15) is 9.84 Å². The number of sulfone groups is 1. The molecule has 3 rings (SSSR count). The molecule has 0 N–H and O–H groups in total. The van der Waals surface area contributed by atoms with E-state index in [1.807, 2.05) is 13.0 Å². The minimum absolute atomic E-state index is 0.0238. The van der Waals surface area contributed by atoms with Crippen LogP contribution in [0.15, 0.2) is 36.4 Å². The van der Waals surface area contributed by atoms with E-state index in [4.69, 9.17) is 4.74 Å². The average molecular weight is 471 g/mol. The highest BCUT2D eigenvalue weighted by Crippen LogP contribution is 2.36. The monoisotopic (exact) mass is 470 g/mol. The summed E-state index contributed by atoms with van der Waals surface area (Å²) in [7, 11) is -2.14. The Kier molecular flexibility index (Phi) is 7.50. The Labute approximate surface area is 187 Å². The first-order valence-electron chi connectivity index (χ1n) is 10.5. The van der Waals surface area contributed by atoms with Gasteiger partial charge in [-0.15, -0.1) is 0 Å². The number of benzene rings is 1. The highest BCUT2D eigenvalue weighted by atomic mass is 32.2. The minimum Gasteiger partial charge on any atom is -0.481 e. The topological polar surface area (TPSA) is 59.5 Å². The maximum absolute atomic E-state index is 13.4. The molecule has 0 amide bonds. The molecular formula is C23H29F3N2O3S.